The van der Waals surface area contributed by atoms with E-state index >= 15 is 0 Å². The molecular weight excluding hydrogens is 264 g/mol. The van der Waals surface area contributed by atoms with E-state index in [0.29, 0.717) is 16.8 Å². The largest absolute Gasteiger partial charge is 0.398 e. The van der Waals surface area contributed by atoms with E-state index in [-0.39, 0.29) is 17.9 Å². The fourth-order valence-electron chi connectivity index (χ4n) is 2.88. The quantitative estimate of drug-likeness (QED) is 0.679. The molecular formula is C17H16N2O2. The molecule has 0 saturated carbocycles. The van der Waals surface area contributed by atoms with Crippen molar-refractivity contribution in [2.45, 2.75) is 19.9 Å². The summed E-state index contributed by atoms with van der Waals surface area (Å²) in [6, 6.07) is 12.4. The van der Waals surface area contributed by atoms with Crippen LogP contribution in [0.2, 0.25) is 0 Å². The van der Waals surface area contributed by atoms with E-state index in [1.54, 1.807) is 18.2 Å². The summed E-state index contributed by atoms with van der Waals surface area (Å²) in [4.78, 5) is 26.4. The van der Waals surface area contributed by atoms with Gasteiger partial charge in [0.1, 0.15) is 0 Å². The van der Waals surface area contributed by atoms with E-state index in [4.69, 9.17) is 5.73 Å². The SMILES string of the molecule is Cc1ccccc1C(C)N1C(=O)c2cccc(N)c2C1=O. The van der Waals surface area contributed by atoms with Crippen LogP contribution in [0.4, 0.5) is 5.69 Å². The molecule has 1 unspecified atom stereocenters. The second-order valence-electron chi connectivity index (χ2n) is 5.28. The van der Waals surface area contributed by atoms with Crippen LogP contribution in [-0.4, -0.2) is 16.7 Å². The normalized spacial score (nSPS) is 15.2. The Hall–Kier alpha value is -2.62. The molecule has 4 nitrogen and oxygen atoms in total. The number of hydrogen-bond acceptors (Lipinski definition) is 3. The number of hydrogen-bond donors (Lipinski definition) is 1. The number of aryl methyl sites for hydroxylation is 1. The second kappa shape index (κ2) is 4.74. The van der Waals surface area contributed by atoms with Gasteiger partial charge in [-0.1, -0.05) is 30.3 Å². The molecule has 0 bridgehead atoms. The zero-order valence-corrected chi connectivity index (χ0v) is 12.0. The summed E-state index contributed by atoms with van der Waals surface area (Å²) in [6.45, 7) is 3.83. The summed E-state index contributed by atoms with van der Waals surface area (Å²) in [5.74, 6) is -0.595. The molecule has 2 N–H and O–H groups in total. The van der Waals surface area contributed by atoms with Crippen LogP contribution in [0.5, 0.6) is 0 Å². The molecule has 1 atom stereocenters. The summed E-state index contributed by atoms with van der Waals surface area (Å²) >= 11 is 0. The zero-order chi connectivity index (χ0) is 15.1. The van der Waals surface area contributed by atoms with E-state index < -0.39 is 0 Å². The van der Waals surface area contributed by atoms with Gasteiger partial charge in [-0.05, 0) is 37.1 Å². The number of amides is 2. The minimum Gasteiger partial charge on any atom is -0.398 e. The van der Waals surface area contributed by atoms with E-state index in [0.717, 1.165) is 11.1 Å². The lowest BCUT2D eigenvalue weighted by molar-refractivity contribution is 0.0595. The van der Waals surface area contributed by atoms with Crippen molar-refractivity contribution < 1.29 is 9.59 Å². The van der Waals surface area contributed by atoms with Gasteiger partial charge in [-0.2, -0.15) is 0 Å². The summed E-state index contributed by atoms with van der Waals surface area (Å²) in [5.41, 5.74) is 8.93. The van der Waals surface area contributed by atoms with Gasteiger partial charge in [0, 0.05) is 5.69 Å². The molecule has 0 saturated heterocycles. The van der Waals surface area contributed by atoms with E-state index in [9.17, 15) is 9.59 Å². The van der Waals surface area contributed by atoms with E-state index in [1.807, 2.05) is 38.1 Å². The topological polar surface area (TPSA) is 63.4 Å². The molecule has 21 heavy (non-hydrogen) atoms. The maximum Gasteiger partial charge on any atom is 0.264 e. The molecule has 2 aromatic carbocycles. The molecule has 0 spiro atoms. The van der Waals surface area contributed by atoms with Crippen LogP contribution >= 0.6 is 0 Å². The van der Waals surface area contributed by atoms with Crippen LogP contribution in [0.15, 0.2) is 42.5 Å². The van der Waals surface area contributed by atoms with Gasteiger partial charge >= 0.3 is 0 Å². The number of anilines is 1. The average molecular weight is 280 g/mol. The number of nitrogens with zero attached hydrogens (tertiary/aromatic N) is 1. The first-order chi connectivity index (χ1) is 10.0. The van der Waals surface area contributed by atoms with Crippen LogP contribution in [0.1, 0.15) is 44.8 Å². The number of fused-ring (bicyclic) bond motifs is 1. The van der Waals surface area contributed by atoms with Crippen LogP contribution < -0.4 is 5.73 Å². The van der Waals surface area contributed by atoms with Gasteiger partial charge in [0.05, 0.1) is 17.2 Å². The molecule has 0 aliphatic carbocycles. The monoisotopic (exact) mass is 280 g/mol. The molecule has 1 aliphatic rings. The number of nitrogens with two attached hydrogens (primary N) is 1. The lowest BCUT2D eigenvalue weighted by Gasteiger charge is -2.24. The van der Waals surface area contributed by atoms with Crippen molar-refractivity contribution in [3.05, 3.63) is 64.7 Å². The zero-order valence-electron chi connectivity index (χ0n) is 12.0. The third-order valence-electron chi connectivity index (χ3n) is 4.00. The fourth-order valence-corrected chi connectivity index (χ4v) is 2.88. The average Bonchev–Trinajstić information content (AvgIpc) is 2.72. The lowest BCUT2D eigenvalue weighted by Crippen LogP contribution is -2.33. The third kappa shape index (κ3) is 1.91. The van der Waals surface area contributed by atoms with Crippen molar-refractivity contribution in [1.82, 2.24) is 4.90 Å². The number of carbonyl (C=O) groups is 2. The van der Waals surface area contributed by atoms with Crippen LogP contribution in [0, 0.1) is 6.92 Å². The Bertz CT molecular complexity index is 752. The number of benzene rings is 2. The van der Waals surface area contributed by atoms with Gasteiger partial charge in [-0.15, -0.1) is 0 Å². The molecule has 0 radical (unpaired) electrons. The van der Waals surface area contributed by atoms with Gasteiger partial charge in [0.25, 0.3) is 11.8 Å². The molecule has 0 aromatic heterocycles. The van der Waals surface area contributed by atoms with E-state index in [1.165, 1.54) is 4.90 Å². The van der Waals surface area contributed by atoms with Gasteiger partial charge in [-0.3, -0.25) is 14.5 Å². The minimum absolute atomic E-state index is 0.280. The number of rotatable bonds is 2. The maximum atomic E-state index is 12.6. The molecule has 0 fully saturated rings. The summed E-state index contributed by atoms with van der Waals surface area (Å²) < 4.78 is 0. The smallest absolute Gasteiger partial charge is 0.264 e. The second-order valence-corrected chi connectivity index (χ2v) is 5.28. The fraction of sp³-hybridized carbons (Fsp3) is 0.176. The van der Waals surface area contributed by atoms with Crippen molar-refractivity contribution in [3.63, 3.8) is 0 Å². The predicted molar refractivity (Wildman–Crippen MR) is 80.9 cm³/mol. The third-order valence-corrected chi connectivity index (χ3v) is 4.00. The Labute approximate surface area is 123 Å². The highest BCUT2D eigenvalue weighted by Gasteiger charge is 2.40. The number of nitrogen functional groups attached to an aromatic ring is 1. The van der Waals surface area contributed by atoms with Crippen molar-refractivity contribution >= 4 is 17.5 Å². The molecule has 1 aliphatic heterocycles. The van der Waals surface area contributed by atoms with E-state index in [2.05, 4.69) is 0 Å². The highest BCUT2D eigenvalue weighted by molar-refractivity contribution is 6.23. The van der Waals surface area contributed by atoms with Crippen molar-refractivity contribution in [2.24, 2.45) is 0 Å². The van der Waals surface area contributed by atoms with Crippen LogP contribution in [0.25, 0.3) is 0 Å². The minimum atomic E-state index is -0.321. The summed E-state index contributed by atoms with van der Waals surface area (Å²) in [6.07, 6.45) is 0. The van der Waals surface area contributed by atoms with Crippen LogP contribution in [-0.2, 0) is 0 Å². The number of carbonyl (C=O) groups excluding carboxylic acids is 2. The Morgan fingerprint density at radius 1 is 1.00 bits per heavy atom. The predicted octanol–water partition coefficient (Wildman–Crippen LogP) is 2.93. The molecule has 2 aromatic rings. The first kappa shape index (κ1) is 13.4. The van der Waals surface area contributed by atoms with Gasteiger partial charge < -0.3 is 5.73 Å². The summed E-state index contributed by atoms with van der Waals surface area (Å²) in [7, 11) is 0. The Kier molecular flexibility index (Phi) is 3.01. The lowest BCUT2D eigenvalue weighted by atomic mass is 10.0. The standard InChI is InChI=1S/C17H16N2O2/c1-10-6-3-4-7-12(10)11(2)19-16(20)13-8-5-9-14(18)15(13)17(19)21/h3-9,11H,18H2,1-2H3. The molecule has 4 heteroatoms. The van der Waals surface area contributed by atoms with Gasteiger partial charge in [-0.25, -0.2) is 0 Å². The highest BCUT2D eigenvalue weighted by Crippen LogP contribution is 2.34. The van der Waals surface area contributed by atoms with Crippen molar-refractivity contribution in [3.8, 4) is 0 Å². The highest BCUT2D eigenvalue weighted by atomic mass is 16.2. The van der Waals surface area contributed by atoms with Gasteiger partial charge in [0.2, 0.25) is 0 Å². The summed E-state index contributed by atoms with van der Waals surface area (Å²) in [5, 5.41) is 0. The maximum absolute atomic E-state index is 12.6. The Morgan fingerprint density at radius 3 is 2.38 bits per heavy atom. The van der Waals surface area contributed by atoms with Gasteiger partial charge in [0.15, 0.2) is 0 Å². The molecule has 106 valence electrons. The Morgan fingerprint density at radius 2 is 1.71 bits per heavy atom. The molecule has 1 heterocycles. The van der Waals surface area contributed by atoms with Crippen molar-refractivity contribution in [1.29, 1.82) is 0 Å². The van der Waals surface area contributed by atoms with Crippen molar-refractivity contribution in [2.75, 3.05) is 5.73 Å². The van der Waals surface area contributed by atoms with Crippen LogP contribution in [0.3, 0.4) is 0 Å². The molecule has 2 amide bonds. The number of imide groups is 1. The molecule has 3 rings (SSSR count). The Balaban J connectivity index is 2.06. The first-order valence-corrected chi connectivity index (χ1v) is 6.84. The first-order valence-electron chi connectivity index (χ1n) is 6.84.